The van der Waals surface area contributed by atoms with Crippen molar-refractivity contribution < 1.29 is 9.59 Å². The van der Waals surface area contributed by atoms with Crippen LogP contribution in [0.25, 0.3) is 11.3 Å². The van der Waals surface area contributed by atoms with Crippen molar-refractivity contribution in [2.24, 2.45) is 0 Å². The van der Waals surface area contributed by atoms with Gasteiger partial charge in [-0.1, -0.05) is 22.7 Å². The zero-order valence-corrected chi connectivity index (χ0v) is 18.4. The second-order valence-corrected chi connectivity index (χ2v) is 8.33. The Morgan fingerprint density at radius 2 is 2.19 bits per heavy atom. The average molecular weight is 453 g/mol. The lowest BCUT2D eigenvalue weighted by Gasteiger charge is -2.23. The molecule has 1 aliphatic rings. The van der Waals surface area contributed by atoms with Gasteiger partial charge in [0.25, 0.3) is 11.8 Å². The molecule has 4 rings (SSSR count). The molecule has 0 unspecified atom stereocenters. The summed E-state index contributed by atoms with van der Waals surface area (Å²) in [6.07, 6.45) is 3.46. The van der Waals surface area contributed by atoms with E-state index in [4.69, 9.17) is 5.73 Å². The van der Waals surface area contributed by atoms with E-state index in [2.05, 4.69) is 35.5 Å². The van der Waals surface area contributed by atoms with Gasteiger partial charge in [0.2, 0.25) is 0 Å². The van der Waals surface area contributed by atoms with E-state index in [1.807, 2.05) is 24.3 Å². The van der Waals surface area contributed by atoms with Gasteiger partial charge in [0.1, 0.15) is 4.88 Å². The quantitative estimate of drug-likeness (QED) is 0.437. The first-order valence-corrected chi connectivity index (χ1v) is 11.1. The molecule has 0 aliphatic carbocycles. The number of carbonyl (C=O) groups excluding carboxylic acids is 2. The van der Waals surface area contributed by atoms with E-state index >= 15 is 0 Å². The molecule has 1 aromatic carbocycles. The highest BCUT2D eigenvalue weighted by molar-refractivity contribution is 7.07. The highest BCUT2D eigenvalue weighted by atomic mass is 32.1. The van der Waals surface area contributed by atoms with E-state index < -0.39 is 0 Å². The molecule has 0 spiro atoms. The first-order chi connectivity index (χ1) is 15.5. The number of anilines is 1. The molecule has 3 aromatic rings. The summed E-state index contributed by atoms with van der Waals surface area (Å²) < 4.78 is 3.79. The van der Waals surface area contributed by atoms with Gasteiger partial charge in [0.15, 0.2) is 11.5 Å². The number of nitrogens with two attached hydrogens (primary N) is 1. The predicted molar refractivity (Wildman–Crippen MR) is 121 cm³/mol. The molecular formula is C21H24N8O2S. The first kappa shape index (κ1) is 21.8. The maximum Gasteiger partial charge on any atom is 0.274 e. The number of nitrogens with one attached hydrogen (secondary N) is 3. The van der Waals surface area contributed by atoms with Crippen LogP contribution in [0.1, 0.15) is 44.3 Å². The second-order valence-electron chi connectivity index (χ2n) is 7.58. The number of hydrogen-bond donors (Lipinski definition) is 4. The van der Waals surface area contributed by atoms with Crippen LogP contribution >= 0.6 is 11.5 Å². The summed E-state index contributed by atoms with van der Waals surface area (Å²) in [5.74, 6) is -0.458. The van der Waals surface area contributed by atoms with E-state index in [1.165, 1.54) is 0 Å². The molecule has 0 bridgehead atoms. The molecule has 3 heterocycles. The third kappa shape index (κ3) is 5.06. The van der Waals surface area contributed by atoms with Crippen molar-refractivity contribution in [1.29, 1.82) is 0 Å². The largest absolute Gasteiger partial charge is 0.382 e. The van der Waals surface area contributed by atoms with Gasteiger partial charge in [-0.15, -0.1) is 5.10 Å². The van der Waals surface area contributed by atoms with E-state index in [0.717, 1.165) is 48.6 Å². The molecule has 5 N–H and O–H groups in total. The van der Waals surface area contributed by atoms with Crippen LogP contribution in [0.15, 0.2) is 30.5 Å². The summed E-state index contributed by atoms with van der Waals surface area (Å²) >= 11 is 1.07. The fraction of sp³-hybridized carbons (Fsp3) is 0.333. The Kier molecular flexibility index (Phi) is 6.66. The summed E-state index contributed by atoms with van der Waals surface area (Å²) in [6.45, 7) is 3.76. The highest BCUT2D eigenvalue weighted by Gasteiger charge is 2.20. The molecule has 11 heteroatoms. The second kappa shape index (κ2) is 9.79. The number of aryl methyl sites for hydroxylation is 1. The molecule has 32 heavy (non-hydrogen) atoms. The Hall–Kier alpha value is -3.44. The van der Waals surface area contributed by atoms with Gasteiger partial charge in [-0.25, -0.2) is 9.97 Å². The summed E-state index contributed by atoms with van der Waals surface area (Å²) in [6, 6.07) is 7.57. The van der Waals surface area contributed by atoms with Gasteiger partial charge in [0.05, 0.1) is 17.6 Å². The lowest BCUT2D eigenvalue weighted by atomic mass is 10.1. The average Bonchev–Trinajstić information content (AvgIpc) is 3.24. The molecule has 2 amide bonds. The molecule has 1 saturated heterocycles. The lowest BCUT2D eigenvalue weighted by molar-refractivity contribution is 0.0924. The van der Waals surface area contributed by atoms with Gasteiger partial charge < -0.3 is 21.7 Å². The van der Waals surface area contributed by atoms with Crippen molar-refractivity contribution in [2.75, 3.05) is 18.8 Å². The predicted octanol–water partition coefficient (Wildman–Crippen LogP) is 1.30. The SMILES string of the molecule is Cc1nnsc1C(=O)NCc1cccc(-c2cnc(N)c(C(=O)N[C@H]3CCCNC3)n2)c1. The van der Waals surface area contributed by atoms with Crippen LogP contribution in [0.5, 0.6) is 0 Å². The number of rotatable bonds is 6. The molecule has 0 saturated carbocycles. The number of amides is 2. The van der Waals surface area contributed by atoms with Crippen molar-refractivity contribution >= 4 is 29.2 Å². The topological polar surface area (TPSA) is 148 Å². The number of benzene rings is 1. The maximum absolute atomic E-state index is 12.7. The van der Waals surface area contributed by atoms with Crippen molar-refractivity contribution in [3.05, 3.63) is 52.3 Å². The minimum absolute atomic E-state index is 0.0467. The molecule has 1 aliphatic heterocycles. The summed E-state index contributed by atoms with van der Waals surface area (Å²) in [5.41, 5.74) is 8.83. The third-order valence-electron chi connectivity index (χ3n) is 5.18. The normalized spacial score (nSPS) is 15.8. The molecule has 10 nitrogen and oxygen atoms in total. The Labute approximate surface area is 189 Å². The van der Waals surface area contributed by atoms with Crippen molar-refractivity contribution in [3.8, 4) is 11.3 Å². The lowest BCUT2D eigenvalue weighted by Crippen LogP contribution is -2.46. The number of nitrogens with zero attached hydrogens (tertiary/aromatic N) is 4. The van der Waals surface area contributed by atoms with Crippen molar-refractivity contribution in [2.45, 2.75) is 32.4 Å². The van der Waals surface area contributed by atoms with E-state index in [9.17, 15) is 9.59 Å². The Morgan fingerprint density at radius 3 is 2.94 bits per heavy atom. The highest BCUT2D eigenvalue weighted by Crippen LogP contribution is 2.20. The molecule has 1 atom stereocenters. The van der Waals surface area contributed by atoms with Crippen molar-refractivity contribution in [3.63, 3.8) is 0 Å². The summed E-state index contributed by atoms with van der Waals surface area (Å²) in [5, 5.41) is 13.0. The van der Waals surface area contributed by atoms with Gasteiger partial charge in [-0.05, 0) is 49.5 Å². The number of nitrogen functional groups attached to an aromatic ring is 1. The molecule has 0 radical (unpaired) electrons. The maximum atomic E-state index is 12.7. The van der Waals surface area contributed by atoms with Gasteiger partial charge >= 0.3 is 0 Å². The Morgan fingerprint density at radius 1 is 1.31 bits per heavy atom. The Balaban J connectivity index is 1.47. The number of carbonyl (C=O) groups is 2. The monoisotopic (exact) mass is 452 g/mol. The van der Waals surface area contributed by atoms with Gasteiger partial charge in [-0.3, -0.25) is 9.59 Å². The molecular weight excluding hydrogens is 428 g/mol. The fourth-order valence-corrected chi connectivity index (χ4v) is 4.05. The standard InChI is InChI=1S/C21H24N8O2S/c1-12-18(32-29-28-12)21(31)25-9-13-4-2-5-14(8-13)16-11-24-19(22)17(27-16)20(30)26-15-6-3-7-23-10-15/h2,4-5,8,11,15,23H,3,6-7,9-10H2,1H3,(H2,22,24)(H,25,31)(H,26,30)/t15-/m0/s1. The number of aromatic nitrogens is 4. The minimum Gasteiger partial charge on any atom is -0.382 e. The zero-order chi connectivity index (χ0) is 22.5. The minimum atomic E-state index is -0.331. The van der Waals surface area contributed by atoms with Crippen LogP contribution in [0, 0.1) is 6.92 Å². The van der Waals surface area contributed by atoms with Crippen LogP contribution in [0.2, 0.25) is 0 Å². The Bertz CT molecular complexity index is 1130. The van der Waals surface area contributed by atoms with Crippen LogP contribution in [-0.2, 0) is 6.54 Å². The van der Waals surface area contributed by atoms with E-state index in [1.54, 1.807) is 13.1 Å². The first-order valence-electron chi connectivity index (χ1n) is 10.3. The molecule has 166 valence electrons. The molecule has 2 aromatic heterocycles. The van der Waals surface area contributed by atoms with Crippen LogP contribution in [-0.4, -0.2) is 50.5 Å². The van der Waals surface area contributed by atoms with Gasteiger partial charge in [0, 0.05) is 24.7 Å². The molecule has 1 fully saturated rings. The third-order valence-corrected chi connectivity index (χ3v) is 6.01. The van der Waals surface area contributed by atoms with Crippen molar-refractivity contribution in [1.82, 2.24) is 35.5 Å². The number of piperidine rings is 1. The van der Waals surface area contributed by atoms with Crippen LogP contribution < -0.4 is 21.7 Å². The summed E-state index contributed by atoms with van der Waals surface area (Å²) in [7, 11) is 0. The van der Waals surface area contributed by atoms with Crippen LogP contribution in [0.4, 0.5) is 5.82 Å². The zero-order valence-electron chi connectivity index (χ0n) is 17.6. The number of hydrogen-bond acceptors (Lipinski definition) is 9. The summed E-state index contributed by atoms with van der Waals surface area (Å²) in [4.78, 5) is 34.2. The van der Waals surface area contributed by atoms with Gasteiger partial charge in [-0.2, -0.15) is 0 Å². The fourth-order valence-electron chi connectivity index (χ4n) is 3.48. The van der Waals surface area contributed by atoms with Crippen LogP contribution in [0.3, 0.4) is 0 Å². The van der Waals surface area contributed by atoms with E-state index in [-0.39, 0.29) is 29.4 Å². The van der Waals surface area contributed by atoms with E-state index in [0.29, 0.717) is 22.8 Å². The smallest absolute Gasteiger partial charge is 0.274 e.